The number of carbonyl (C=O) groups excluding carboxylic acids is 1. The van der Waals surface area contributed by atoms with Crippen molar-refractivity contribution in [3.8, 4) is 0 Å². The van der Waals surface area contributed by atoms with Gasteiger partial charge in [0.15, 0.2) is 5.78 Å². The van der Waals surface area contributed by atoms with Crippen LogP contribution in [0.2, 0.25) is 5.02 Å². The molecule has 0 saturated heterocycles. The summed E-state index contributed by atoms with van der Waals surface area (Å²) in [6.45, 7) is 0.306. The van der Waals surface area contributed by atoms with Crippen LogP contribution >= 0.6 is 11.6 Å². The number of hydrogen-bond acceptors (Lipinski definition) is 3. The lowest BCUT2D eigenvalue weighted by atomic mass is 10.1. The first-order valence-electron chi connectivity index (χ1n) is 5.14. The van der Waals surface area contributed by atoms with Crippen molar-refractivity contribution < 1.29 is 13.9 Å². The highest BCUT2D eigenvalue weighted by Gasteiger charge is 2.06. The molecule has 3 nitrogen and oxygen atoms in total. The Hall–Kier alpha value is -1.58. The minimum Gasteiger partial charge on any atom is -0.467 e. The van der Waals surface area contributed by atoms with Crippen LogP contribution < -0.4 is 0 Å². The smallest absolute Gasteiger partial charge is 0.188 e. The minimum atomic E-state index is -0.0981. The van der Waals surface area contributed by atoms with E-state index in [0.717, 1.165) is 0 Å². The van der Waals surface area contributed by atoms with E-state index in [0.29, 0.717) is 23.0 Å². The molecule has 0 unspecified atom stereocenters. The van der Waals surface area contributed by atoms with E-state index in [2.05, 4.69) is 0 Å². The van der Waals surface area contributed by atoms with Crippen molar-refractivity contribution in [2.45, 2.75) is 6.61 Å². The second-order valence-electron chi connectivity index (χ2n) is 3.51. The zero-order valence-corrected chi connectivity index (χ0v) is 9.81. The molecule has 1 aromatic carbocycles. The lowest BCUT2D eigenvalue weighted by molar-refractivity contribution is 0.0691. The Bertz CT molecular complexity index is 491. The van der Waals surface area contributed by atoms with Crippen molar-refractivity contribution in [3.05, 3.63) is 59.0 Å². The SMILES string of the molecule is O=C(COCc1ccco1)c1cccc(Cl)c1. The van der Waals surface area contributed by atoms with Gasteiger partial charge < -0.3 is 9.15 Å². The van der Waals surface area contributed by atoms with E-state index in [1.807, 2.05) is 0 Å². The van der Waals surface area contributed by atoms with Crippen LogP contribution in [0.3, 0.4) is 0 Å². The molecule has 0 N–H and O–H groups in total. The average Bonchev–Trinajstić information content (AvgIpc) is 2.82. The van der Waals surface area contributed by atoms with Gasteiger partial charge in [0.1, 0.15) is 19.0 Å². The number of furan rings is 1. The molecule has 0 aliphatic carbocycles. The van der Waals surface area contributed by atoms with Crippen LogP contribution in [-0.2, 0) is 11.3 Å². The Morgan fingerprint density at radius 3 is 2.88 bits per heavy atom. The molecule has 1 heterocycles. The van der Waals surface area contributed by atoms with Crippen LogP contribution in [0.1, 0.15) is 16.1 Å². The number of Topliss-reactive ketones (excluding diaryl/α,β-unsaturated/α-hetero) is 1. The van der Waals surface area contributed by atoms with Gasteiger partial charge in [-0.1, -0.05) is 23.7 Å². The van der Waals surface area contributed by atoms with Gasteiger partial charge in [0.2, 0.25) is 0 Å². The van der Waals surface area contributed by atoms with Gasteiger partial charge in [0, 0.05) is 10.6 Å². The summed E-state index contributed by atoms with van der Waals surface area (Å²) in [4.78, 5) is 11.7. The van der Waals surface area contributed by atoms with Crippen LogP contribution in [-0.4, -0.2) is 12.4 Å². The number of rotatable bonds is 5. The highest BCUT2D eigenvalue weighted by atomic mass is 35.5. The molecule has 0 fully saturated rings. The monoisotopic (exact) mass is 250 g/mol. The third kappa shape index (κ3) is 3.44. The fourth-order valence-electron chi connectivity index (χ4n) is 1.38. The molecule has 2 aromatic rings. The summed E-state index contributed by atoms with van der Waals surface area (Å²) in [7, 11) is 0. The number of ether oxygens (including phenoxy) is 1. The van der Waals surface area contributed by atoms with E-state index in [1.54, 1.807) is 42.7 Å². The van der Waals surface area contributed by atoms with Gasteiger partial charge in [-0.2, -0.15) is 0 Å². The number of halogens is 1. The van der Waals surface area contributed by atoms with E-state index in [9.17, 15) is 4.79 Å². The zero-order chi connectivity index (χ0) is 12.1. The molecule has 0 spiro atoms. The topological polar surface area (TPSA) is 39.4 Å². The molecule has 0 aliphatic rings. The summed E-state index contributed by atoms with van der Waals surface area (Å²) in [6, 6.07) is 10.4. The molecule has 1 aromatic heterocycles. The van der Waals surface area contributed by atoms with Gasteiger partial charge in [-0.25, -0.2) is 0 Å². The van der Waals surface area contributed by atoms with Crippen LogP contribution in [0.4, 0.5) is 0 Å². The van der Waals surface area contributed by atoms with Crippen LogP contribution in [0, 0.1) is 0 Å². The molecule has 0 bridgehead atoms. The van der Waals surface area contributed by atoms with Crippen LogP contribution in [0.15, 0.2) is 47.1 Å². The van der Waals surface area contributed by atoms with E-state index in [4.69, 9.17) is 20.8 Å². The third-order valence-corrected chi connectivity index (χ3v) is 2.44. The molecule has 0 atom stereocenters. The molecule has 0 saturated carbocycles. The summed E-state index contributed by atoms with van der Waals surface area (Å²) in [6.07, 6.45) is 1.57. The second kappa shape index (κ2) is 5.66. The maximum atomic E-state index is 11.7. The van der Waals surface area contributed by atoms with E-state index >= 15 is 0 Å². The molecular weight excluding hydrogens is 240 g/mol. The molecule has 0 radical (unpaired) electrons. The first kappa shape index (κ1) is 11.9. The molecule has 2 rings (SSSR count). The van der Waals surface area contributed by atoms with Gasteiger partial charge in [-0.15, -0.1) is 0 Å². The lowest BCUT2D eigenvalue weighted by Gasteiger charge is -2.02. The molecular formula is C13H11ClO3. The predicted octanol–water partition coefficient (Wildman–Crippen LogP) is 3.33. The number of carbonyl (C=O) groups is 1. The summed E-state index contributed by atoms with van der Waals surface area (Å²) >= 11 is 5.80. The lowest BCUT2D eigenvalue weighted by Crippen LogP contribution is -2.08. The van der Waals surface area contributed by atoms with E-state index in [1.165, 1.54) is 0 Å². The Kier molecular flexibility index (Phi) is 3.96. The summed E-state index contributed by atoms with van der Waals surface area (Å²) in [5, 5.41) is 0.543. The normalized spacial score (nSPS) is 10.4. The summed E-state index contributed by atoms with van der Waals surface area (Å²) in [5.74, 6) is 0.600. The third-order valence-electron chi connectivity index (χ3n) is 2.20. The van der Waals surface area contributed by atoms with Crippen molar-refractivity contribution in [1.29, 1.82) is 0 Å². The Balaban J connectivity index is 1.85. The number of benzene rings is 1. The highest BCUT2D eigenvalue weighted by molar-refractivity contribution is 6.31. The van der Waals surface area contributed by atoms with Crippen molar-refractivity contribution >= 4 is 17.4 Å². The first-order chi connectivity index (χ1) is 8.25. The minimum absolute atomic E-state index is 0.0149. The van der Waals surface area contributed by atoms with Crippen molar-refractivity contribution in [2.75, 3.05) is 6.61 Å². The molecule has 17 heavy (non-hydrogen) atoms. The van der Waals surface area contributed by atoms with E-state index in [-0.39, 0.29) is 12.4 Å². The second-order valence-corrected chi connectivity index (χ2v) is 3.94. The molecule has 4 heteroatoms. The molecule has 0 amide bonds. The van der Waals surface area contributed by atoms with Gasteiger partial charge in [-0.3, -0.25) is 4.79 Å². The summed E-state index contributed by atoms with van der Waals surface area (Å²) < 4.78 is 10.3. The standard InChI is InChI=1S/C13H11ClO3/c14-11-4-1-3-10(7-11)13(15)9-16-8-12-5-2-6-17-12/h1-7H,8-9H2. The number of hydrogen-bond donors (Lipinski definition) is 0. The quantitative estimate of drug-likeness (QED) is 0.764. The highest BCUT2D eigenvalue weighted by Crippen LogP contribution is 2.11. The van der Waals surface area contributed by atoms with Crippen molar-refractivity contribution in [1.82, 2.24) is 0 Å². The molecule has 0 aliphatic heterocycles. The zero-order valence-electron chi connectivity index (χ0n) is 9.06. The fourth-order valence-corrected chi connectivity index (χ4v) is 1.57. The van der Waals surface area contributed by atoms with Gasteiger partial charge >= 0.3 is 0 Å². The Morgan fingerprint density at radius 2 is 2.18 bits per heavy atom. The van der Waals surface area contributed by atoms with E-state index < -0.39 is 0 Å². The van der Waals surface area contributed by atoms with Gasteiger partial charge in [-0.05, 0) is 24.3 Å². The number of ketones is 1. The first-order valence-corrected chi connectivity index (χ1v) is 5.52. The Labute approximate surface area is 104 Å². The fraction of sp³-hybridized carbons (Fsp3) is 0.154. The maximum Gasteiger partial charge on any atom is 0.188 e. The van der Waals surface area contributed by atoms with Crippen LogP contribution in [0.25, 0.3) is 0 Å². The maximum absolute atomic E-state index is 11.7. The predicted molar refractivity (Wildman–Crippen MR) is 64.1 cm³/mol. The summed E-state index contributed by atoms with van der Waals surface area (Å²) in [5.41, 5.74) is 0.553. The molecule has 88 valence electrons. The average molecular weight is 251 g/mol. The van der Waals surface area contributed by atoms with Gasteiger partial charge in [0.25, 0.3) is 0 Å². The van der Waals surface area contributed by atoms with Gasteiger partial charge in [0.05, 0.1) is 6.26 Å². The van der Waals surface area contributed by atoms with Crippen molar-refractivity contribution in [3.63, 3.8) is 0 Å². The largest absolute Gasteiger partial charge is 0.467 e. The van der Waals surface area contributed by atoms with Crippen LogP contribution in [0.5, 0.6) is 0 Å². The van der Waals surface area contributed by atoms with Crippen molar-refractivity contribution in [2.24, 2.45) is 0 Å². The Morgan fingerprint density at radius 1 is 1.29 bits per heavy atom.